The standard InChI is InChI=1S/C15H26FN3O/c1-11(2)19(12(3)4)6-7-20-15-13(9-17-5)8-14(16)10-18-15/h8,10-12,17H,6-7,9H2,1-5H3. The van der Waals surface area contributed by atoms with Crippen LogP contribution in [0.1, 0.15) is 33.3 Å². The van der Waals surface area contributed by atoms with E-state index in [0.29, 0.717) is 31.1 Å². The first-order chi connectivity index (χ1) is 9.45. The monoisotopic (exact) mass is 283 g/mol. The Hall–Kier alpha value is -1.20. The predicted molar refractivity (Wildman–Crippen MR) is 79.4 cm³/mol. The Balaban J connectivity index is 2.61. The minimum atomic E-state index is -0.339. The molecular weight excluding hydrogens is 257 g/mol. The lowest BCUT2D eigenvalue weighted by Gasteiger charge is -2.30. The fourth-order valence-corrected chi connectivity index (χ4v) is 2.28. The Labute approximate surface area is 121 Å². The Morgan fingerprint density at radius 3 is 2.50 bits per heavy atom. The summed E-state index contributed by atoms with van der Waals surface area (Å²) in [6.07, 6.45) is 1.19. The highest BCUT2D eigenvalue weighted by atomic mass is 19.1. The van der Waals surface area contributed by atoms with Gasteiger partial charge >= 0.3 is 0 Å². The summed E-state index contributed by atoms with van der Waals surface area (Å²) in [7, 11) is 1.81. The van der Waals surface area contributed by atoms with E-state index in [-0.39, 0.29) is 5.82 Å². The van der Waals surface area contributed by atoms with Crippen LogP contribution in [0.4, 0.5) is 4.39 Å². The van der Waals surface area contributed by atoms with Crippen LogP contribution >= 0.6 is 0 Å². The van der Waals surface area contributed by atoms with E-state index >= 15 is 0 Å². The largest absolute Gasteiger partial charge is 0.476 e. The van der Waals surface area contributed by atoms with Crippen LogP contribution < -0.4 is 10.1 Å². The van der Waals surface area contributed by atoms with Gasteiger partial charge in [0.1, 0.15) is 12.4 Å². The van der Waals surface area contributed by atoms with Crippen LogP contribution in [-0.2, 0) is 6.54 Å². The second kappa shape index (κ2) is 8.17. The van der Waals surface area contributed by atoms with E-state index < -0.39 is 0 Å². The zero-order valence-corrected chi connectivity index (χ0v) is 13.1. The van der Waals surface area contributed by atoms with E-state index in [2.05, 4.69) is 42.9 Å². The third-order valence-corrected chi connectivity index (χ3v) is 3.17. The van der Waals surface area contributed by atoms with Gasteiger partial charge in [0, 0.05) is 30.7 Å². The van der Waals surface area contributed by atoms with Crippen LogP contribution in [0.5, 0.6) is 5.88 Å². The van der Waals surface area contributed by atoms with E-state index in [4.69, 9.17) is 4.74 Å². The molecule has 1 rings (SSSR count). The molecule has 20 heavy (non-hydrogen) atoms. The summed E-state index contributed by atoms with van der Waals surface area (Å²) in [5, 5.41) is 2.99. The van der Waals surface area contributed by atoms with Gasteiger partial charge in [0.25, 0.3) is 0 Å². The number of ether oxygens (including phenoxy) is 1. The van der Waals surface area contributed by atoms with Crippen molar-refractivity contribution in [3.8, 4) is 5.88 Å². The third-order valence-electron chi connectivity index (χ3n) is 3.17. The molecule has 0 saturated carbocycles. The van der Waals surface area contributed by atoms with Gasteiger partial charge in [-0.25, -0.2) is 9.37 Å². The number of nitrogens with zero attached hydrogens (tertiary/aromatic N) is 2. The number of nitrogens with one attached hydrogen (secondary N) is 1. The molecule has 0 fully saturated rings. The molecular formula is C15H26FN3O. The molecule has 0 amide bonds. The second-order valence-electron chi connectivity index (χ2n) is 5.42. The number of hydrogen-bond acceptors (Lipinski definition) is 4. The molecule has 0 bridgehead atoms. The fraction of sp³-hybridized carbons (Fsp3) is 0.667. The van der Waals surface area contributed by atoms with Gasteiger partial charge in [0.05, 0.1) is 6.20 Å². The van der Waals surface area contributed by atoms with Crippen molar-refractivity contribution in [1.82, 2.24) is 15.2 Å². The van der Waals surface area contributed by atoms with Crippen LogP contribution in [0.2, 0.25) is 0 Å². The van der Waals surface area contributed by atoms with Gasteiger partial charge in [-0.15, -0.1) is 0 Å². The molecule has 1 aromatic heterocycles. The van der Waals surface area contributed by atoms with Gasteiger partial charge in [-0.05, 0) is 40.8 Å². The number of pyridine rings is 1. The van der Waals surface area contributed by atoms with Crippen LogP contribution in [-0.4, -0.2) is 42.2 Å². The smallest absolute Gasteiger partial charge is 0.218 e. The van der Waals surface area contributed by atoms with E-state index in [1.54, 1.807) is 0 Å². The van der Waals surface area contributed by atoms with Crippen molar-refractivity contribution in [2.75, 3.05) is 20.2 Å². The van der Waals surface area contributed by atoms with Gasteiger partial charge in [0.2, 0.25) is 5.88 Å². The maximum Gasteiger partial charge on any atom is 0.218 e. The highest BCUT2D eigenvalue weighted by molar-refractivity contribution is 5.26. The lowest BCUT2D eigenvalue weighted by Crippen LogP contribution is -2.39. The van der Waals surface area contributed by atoms with E-state index in [1.807, 2.05) is 7.05 Å². The van der Waals surface area contributed by atoms with E-state index in [1.165, 1.54) is 12.3 Å². The first kappa shape index (κ1) is 16.9. The topological polar surface area (TPSA) is 37.4 Å². The molecule has 0 aliphatic heterocycles. The van der Waals surface area contributed by atoms with Crippen molar-refractivity contribution < 1.29 is 9.13 Å². The summed E-state index contributed by atoms with van der Waals surface area (Å²) in [5.74, 6) is 0.168. The molecule has 0 radical (unpaired) electrons. The average molecular weight is 283 g/mol. The first-order valence-electron chi connectivity index (χ1n) is 7.13. The zero-order chi connectivity index (χ0) is 15.1. The average Bonchev–Trinajstić information content (AvgIpc) is 2.36. The number of rotatable bonds is 8. The normalized spacial score (nSPS) is 11.7. The van der Waals surface area contributed by atoms with Crippen LogP contribution in [0.25, 0.3) is 0 Å². The third kappa shape index (κ3) is 5.06. The molecule has 0 aliphatic rings. The Morgan fingerprint density at radius 2 is 1.95 bits per heavy atom. The van der Waals surface area contributed by atoms with Crippen LogP contribution in [0.15, 0.2) is 12.3 Å². The van der Waals surface area contributed by atoms with E-state index in [9.17, 15) is 4.39 Å². The maximum atomic E-state index is 13.2. The van der Waals surface area contributed by atoms with Crippen LogP contribution in [0.3, 0.4) is 0 Å². The molecule has 0 unspecified atom stereocenters. The number of halogens is 1. The summed E-state index contributed by atoms with van der Waals surface area (Å²) < 4.78 is 18.9. The molecule has 0 aromatic carbocycles. The molecule has 114 valence electrons. The minimum Gasteiger partial charge on any atom is -0.476 e. The molecule has 1 heterocycles. The van der Waals surface area contributed by atoms with Gasteiger partial charge in [0.15, 0.2) is 0 Å². The summed E-state index contributed by atoms with van der Waals surface area (Å²) in [6.45, 7) is 10.6. The lowest BCUT2D eigenvalue weighted by molar-refractivity contribution is 0.139. The summed E-state index contributed by atoms with van der Waals surface area (Å²) >= 11 is 0. The van der Waals surface area contributed by atoms with Crippen molar-refractivity contribution in [3.63, 3.8) is 0 Å². The predicted octanol–water partition coefficient (Wildman–Crippen LogP) is 2.44. The molecule has 0 spiro atoms. The second-order valence-corrected chi connectivity index (χ2v) is 5.42. The quantitative estimate of drug-likeness (QED) is 0.795. The van der Waals surface area contributed by atoms with Gasteiger partial charge < -0.3 is 10.1 Å². The first-order valence-corrected chi connectivity index (χ1v) is 7.13. The molecule has 1 aromatic rings. The maximum absolute atomic E-state index is 13.2. The van der Waals surface area contributed by atoms with Crippen molar-refractivity contribution in [2.24, 2.45) is 0 Å². The Bertz CT molecular complexity index is 402. The highest BCUT2D eigenvalue weighted by Crippen LogP contribution is 2.16. The van der Waals surface area contributed by atoms with Gasteiger partial charge in [-0.3, -0.25) is 4.90 Å². The fourth-order valence-electron chi connectivity index (χ4n) is 2.28. The number of aromatic nitrogens is 1. The van der Waals surface area contributed by atoms with Crippen molar-refractivity contribution in [3.05, 3.63) is 23.6 Å². The molecule has 0 saturated heterocycles. The minimum absolute atomic E-state index is 0.339. The van der Waals surface area contributed by atoms with Crippen molar-refractivity contribution >= 4 is 0 Å². The van der Waals surface area contributed by atoms with Gasteiger partial charge in [-0.1, -0.05) is 0 Å². The molecule has 1 N–H and O–H groups in total. The number of hydrogen-bond donors (Lipinski definition) is 1. The van der Waals surface area contributed by atoms with E-state index in [0.717, 1.165) is 12.1 Å². The summed E-state index contributed by atoms with van der Waals surface area (Å²) in [5.41, 5.74) is 0.744. The SMILES string of the molecule is CNCc1cc(F)cnc1OCCN(C(C)C)C(C)C. The Kier molecular flexibility index (Phi) is 6.88. The lowest BCUT2D eigenvalue weighted by atomic mass is 10.2. The summed E-state index contributed by atoms with van der Waals surface area (Å²) in [4.78, 5) is 6.38. The zero-order valence-electron chi connectivity index (χ0n) is 13.1. The van der Waals surface area contributed by atoms with Crippen LogP contribution in [0, 0.1) is 5.82 Å². The molecule has 0 atom stereocenters. The molecule has 0 aliphatic carbocycles. The van der Waals surface area contributed by atoms with Crippen molar-refractivity contribution in [1.29, 1.82) is 0 Å². The van der Waals surface area contributed by atoms with Crippen molar-refractivity contribution in [2.45, 2.75) is 46.3 Å². The highest BCUT2D eigenvalue weighted by Gasteiger charge is 2.14. The van der Waals surface area contributed by atoms with Gasteiger partial charge in [-0.2, -0.15) is 0 Å². The Morgan fingerprint density at radius 1 is 1.30 bits per heavy atom. The molecule has 4 nitrogen and oxygen atoms in total. The molecule has 5 heteroatoms. The summed E-state index contributed by atoms with van der Waals surface area (Å²) in [6, 6.07) is 2.40.